The second-order valence-corrected chi connectivity index (χ2v) is 5.40. The first-order valence-electron chi connectivity index (χ1n) is 6.19. The molecule has 96 valence electrons. The molecular weight excluding hydrogens is 244 g/mol. The minimum absolute atomic E-state index is 0.137. The Bertz CT molecular complexity index is 581. The zero-order valence-electron chi connectivity index (χ0n) is 11.6. The molecule has 1 aromatic heterocycles. The van der Waals surface area contributed by atoms with Gasteiger partial charge in [0.15, 0.2) is 0 Å². The molecule has 0 aliphatic carbocycles. The normalized spacial score (nSPS) is 12.8. The van der Waals surface area contributed by atoms with Gasteiger partial charge in [0.25, 0.3) is 0 Å². The van der Waals surface area contributed by atoms with Gasteiger partial charge in [-0.05, 0) is 56.9 Å². The first kappa shape index (κ1) is 13.2. The molecule has 0 fully saturated rings. The number of benzene rings is 1. The minimum Gasteiger partial charge on any atom is -0.466 e. The van der Waals surface area contributed by atoms with Crippen molar-refractivity contribution in [3.8, 4) is 0 Å². The smallest absolute Gasteiger partial charge is 0.106 e. The first-order valence-corrected chi connectivity index (χ1v) is 6.63. The average molecular weight is 263 g/mol. The maximum atomic E-state index is 6.62. The summed E-state index contributed by atoms with van der Waals surface area (Å²) in [5.74, 6) is 1.88. The Kier molecular flexibility index (Phi) is 3.54. The lowest BCUT2D eigenvalue weighted by molar-refractivity contribution is 0.500. The predicted molar refractivity (Wildman–Crippen MR) is 76.5 cm³/mol. The fourth-order valence-electron chi connectivity index (χ4n) is 2.27. The number of hydrogen-bond acceptors (Lipinski definition) is 1. The highest BCUT2D eigenvalue weighted by molar-refractivity contribution is 6.22. The molecule has 0 radical (unpaired) electrons. The topological polar surface area (TPSA) is 13.1 Å². The molecule has 0 aliphatic heterocycles. The van der Waals surface area contributed by atoms with Crippen LogP contribution in [0.3, 0.4) is 0 Å². The Labute approximate surface area is 114 Å². The van der Waals surface area contributed by atoms with Gasteiger partial charge >= 0.3 is 0 Å². The first-order chi connectivity index (χ1) is 8.41. The fourth-order valence-corrected chi connectivity index (χ4v) is 2.73. The lowest BCUT2D eigenvalue weighted by atomic mass is 9.98. The van der Waals surface area contributed by atoms with Crippen LogP contribution < -0.4 is 0 Å². The molecule has 2 aromatic rings. The lowest BCUT2D eigenvalue weighted by Gasteiger charge is -2.12. The molecule has 1 aromatic carbocycles. The van der Waals surface area contributed by atoms with Crippen molar-refractivity contribution in [2.45, 2.75) is 40.0 Å². The van der Waals surface area contributed by atoms with E-state index in [2.05, 4.69) is 39.0 Å². The molecule has 0 amide bonds. The van der Waals surface area contributed by atoms with Gasteiger partial charge in [0.2, 0.25) is 0 Å². The molecule has 1 nitrogen and oxygen atoms in total. The van der Waals surface area contributed by atoms with Crippen LogP contribution in [0.1, 0.15) is 44.7 Å². The van der Waals surface area contributed by atoms with E-state index >= 15 is 0 Å². The summed E-state index contributed by atoms with van der Waals surface area (Å²) in [5, 5.41) is -0.137. The van der Waals surface area contributed by atoms with Gasteiger partial charge < -0.3 is 4.42 Å². The Balaban J connectivity index is 2.47. The van der Waals surface area contributed by atoms with Gasteiger partial charge in [-0.1, -0.05) is 18.2 Å². The maximum Gasteiger partial charge on any atom is 0.106 e. The molecule has 0 saturated carbocycles. The second-order valence-electron chi connectivity index (χ2n) is 4.96. The highest BCUT2D eigenvalue weighted by atomic mass is 35.5. The second kappa shape index (κ2) is 4.81. The molecule has 0 spiro atoms. The van der Waals surface area contributed by atoms with E-state index in [-0.39, 0.29) is 5.38 Å². The lowest BCUT2D eigenvalue weighted by Crippen LogP contribution is -1.97. The van der Waals surface area contributed by atoms with Crippen LogP contribution in [0.25, 0.3) is 0 Å². The van der Waals surface area contributed by atoms with Gasteiger partial charge in [-0.15, -0.1) is 11.6 Å². The van der Waals surface area contributed by atoms with Crippen LogP contribution in [0.15, 0.2) is 22.6 Å². The number of furan rings is 1. The van der Waals surface area contributed by atoms with Gasteiger partial charge in [0.05, 0.1) is 5.38 Å². The van der Waals surface area contributed by atoms with Crippen molar-refractivity contribution in [1.29, 1.82) is 0 Å². The van der Waals surface area contributed by atoms with Crippen LogP contribution >= 0.6 is 11.6 Å². The molecule has 18 heavy (non-hydrogen) atoms. The fraction of sp³-hybridized carbons (Fsp3) is 0.375. The molecular formula is C16H19ClO. The van der Waals surface area contributed by atoms with E-state index < -0.39 is 0 Å². The molecule has 1 unspecified atom stereocenters. The Morgan fingerprint density at radius 3 is 2.11 bits per heavy atom. The number of rotatable bonds is 2. The largest absolute Gasteiger partial charge is 0.466 e. The number of alkyl halides is 1. The summed E-state index contributed by atoms with van der Waals surface area (Å²) in [6, 6.07) is 6.38. The van der Waals surface area contributed by atoms with Crippen molar-refractivity contribution in [2.75, 3.05) is 0 Å². The Morgan fingerprint density at radius 1 is 0.944 bits per heavy atom. The molecule has 1 heterocycles. The van der Waals surface area contributed by atoms with Crippen molar-refractivity contribution in [3.05, 3.63) is 57.5 Å². The summed E-state index contributed by atoms with van der Waals surface area (Å²) >= 11 is 6.62. The van der Waals surface area contributed by atoms with Gasteiger partial charge in [-0.25, -0.2) is 0 Å². The molecule has 0 aliphatic rings. The highest BCUT2D eigenvalue weighted by Crippen LogP contribution is 2.36. The summed E-state index contributed by atoms with van der Waals surface area (Å²) in [5.41, 5.74) is 5.96. The van der Waals surface area contributed by atoms with E-state index in [4.69, 9.17) is 16.0 Å². The van der Waals surface area contributed by atoms with Crippen LogP contribution in [-0.4, -0.2) is 0 Å². The van der Waals surface area contributed by atoms with Crippen molar-refractivity contribution in [1.82, 2.24) is 0 Å². The van der Waals surface area contributed by atoms with E-state index in [1.807, 2.05) is 13.8 Å². The molecule has 0 saturated heterocycles. The SMILES string of the molecule is Cc1ccc(C(Cl)c2c(C)oc(C)c2C)cc1C. The average Bonchev–Trinajstić information content (AvgIpc) is 2.56. The quantitative estimate of drug-likeness (QED) is 0.682. The van der Waals surface area contributed by atoms with Gasteiger partial charge in [0.1, 0.15) is 11.5 Å². The van der Waals surface area contributed by atoms with Crippen molar-refractivity contribution >= 4 is 11.6 Å². The standard InChI is InChI=1S/C16H19ClO/c1-9-6-7-14(8-10(9)2)16(17)15-11(3)12(4)18-13(15)5/h6-8,16H,1-5H3. The maximum absolute atomic E-state index is 6.62. The van der Waals surface area contributed by atoms with Crippen LogP contribution in [0, 0.1) is 34.6 Å². The van der Waals surface area contributed by atoms with Crippen LogP contribution in [-0.2, 0) is 0 Å². The molecule has 2 heteroatoms. The van der Waals surface area contributed by atoms with Gasteiger partial charge in [-0.3, -0.25) is 0 Å². The summed E-state index contributed by atoms with van der Waals surface area (Å²) in [4.78, 5) is 0. The van der Waals surface area contributed by atoms with E-state index in [0.717, 1.165) is 28.2 Å². The van der Waals surface area contributed by atoms with E-state index in [9.17, 15) is 0 Å². The number of aryl methyl sites for hydroxylation is 4. The minimum atomic E-state index is -0.137. The van der Waals surface area contributed by atoms with Crippen molar-refractivity contribution < 1.29 is 4.42 Å². The van der Waals surface area contributed by atoms with Crippen molar-refractivity contribution in [2.24, 2.45) is 0 Å². The van der Waals surface area contributed by atoms with E-state index in [1.165, 1.54) is 11.1 Å². The van der Waals surface area contributed by atoms with Crippen molar-refractivity contribution in [3.63, 3.8) is 0 Å². The Hall–Kier alpha value is -1.21. The number of halogens is 1. The van der Waals surface area contributed by atoms with Crippen LogP contribution in [0.5, 0.6) is 0 Å². The molecule has 0 N–H and O–H groups in total. The molecule has 0 bridgehead atoms. The third kappa shape index (κ3) is 2.20. The summed E-state index contributed by atoms with van der Waals surface area (Å²) in [7, 11) is 0. The summed E-state index contributed by atoms with van der Waals surface area (Å²) < 4.78 is 5.66. The zero-order chi connectivity index (χ0) is 13.4. The van der Waals surface area contributed by atoms with Crippen LogP contribution in [0.2, 0.25) is 0 Å². The Morgan fingerprint density at radius 2 is 1.61 bits per heavy atom. The van der Waals surface area contributed by atoms with Gasteiger partial charge in [0, 0.05) is 5.56 Å². The predicted octanol–water partition coefficient (Wildman–Crippen LogP) is 5.15. The molecule has 2 rings (SSSR count). The van der Waals surface area contributed by atoms with E-state index in [0.29, 0.717) is 0 Å². The number of hydrogen-bond donors (Lipinski definition) is 0. The summed E-state index contributed by atoms with van der Waals surface area (Å²) in [6.45, 7) is 10.3. The zero-order valence-corrected chi connectivity index (χ0v) is 12.4. The van der Waals surface area contributed by atoms with Crippen LogP contribution in [0.4, 0.5) is 0 Å². The summed E-state index contributed by atoms with van der Waals surface area (Å²) in [6.07, 6.45) is 0. The third-order valence-electron chi connectivity index (χ3n) is 3.69. The van der Waals surface area contributed by atoms with E-state index in [1.54, 1.807) is 0 Å². The monoisotopic (exact) mass is 262 g/mol. The highest BCUT2D eigenvalue weighted by Gasteiger charge is 2.20. The molecule has 1 atom stereocenters. The van der Waals surface area contributed by atoms with Gasteiger partial charge in [-0.2, -0.15) is 0 Å². The third-order valence-corrected chi connectivity index (χ3v) is 4.16.